The predicted molar refractivity (Wildman–Crippen MR) is 73.5 cm³/mol. The number of hydrogen-bond donors (Lipinski definition) is 1. The van der Waals surface area contributed by atoms with Crippen LogP contribution < -0.4 is 0 Å². The van der Waals surface area contributed by atoms with Crippen LogP contribution in [0.25, 0.3) is 0 Å². The normalized spacial score (nSPS) is 23.4. The Bertz CT molecular complexity index is 376. The Balaban J connectivity index is 1.75. The Hall–Kier alpha value is -1.02. The summed E-state index contributed by atoms with van der Waals surface area (Å²) in [5.74, 6) is 0. The smallest absolute Gasteiger partial charge is 0.422 e. The van der Waals surface area contributed by atoms with Crippen LogP contribution in [0.1, 0.15) is 32.1 Å². The van der Waals surface area contributed by atoms with Gasteiger partial charge >= 0.3 is 12.3 Å². The van der Waals surface area contributed by atoms with Crippen LogP contribution in [0.15, 0.2) is 0 Å². The zero-order valence-electron chi connectivity index (χ0n) is 12.6. The monoisotopic (exact) mass is 324 g/mol. The van der Waals surface area contributed by atoms with Crippen LogP contribution in [0.5, 0.6) is 0 Å². The molecule has 8 heteroatoms. The topological polar surface area (TPSA) is 53.0 Å². The first-order valence-corrected chi connectivity index (χ1v) is 7.71. The highest BCUT2D eigenvalue weighted by Crippen LogP contribution is 2.25. The molecule has 22 heavy (non-hydrogen) atoms. The standard InChI is InChI=1S/C14H23F3N2O3/c15-14(16,17)11-22-12(20)19-8-4-13(21,5-9-19)10-18-6-2-1-3-7-18/h21H,1-11H2. The van der Waals surface area contributed by atoms with Crippen molar-refractivity contribution in [2.24, 2.45) is 0 Å². The predicted octanol–water partition coefficient (Wildman–Crippen LogP) is 2.00. The minimum absolute atomic E-state index is 0.223. The number of carbonyl (C=O) groups is 1. The van der Waals surface area contributed by atoms with Crippen LogP contribution in [0.3, 0.4) is 0 Å². The van der Waals surface area contributed by atoms with Crippen molar-refractivity contribution >= 4 is 6.09 Å². The van der Waals surface area contributed by atoms with Gasteiger partial charge < -0.3 is 19.6 Å². The molecule has 0 spiro atoms. The summed E-state index contributed by atoms with van der Waals surface area (Å²) < 4.78 is 40.3. The Morgan fingerprint density at radius 1 is 1.09 bits per heavy atom. The molecule has 1 N–H and O–H groups in total. The van der Waals surface area contributed by atoms with Gasteiger partial charge in [0, 0.05) is 19.6 Å². The fourth-order valence-corrected chi connectivity index (χ4v) is 3.03. The number of halogens is 3. The molecule has 2 fully saturated rings. The molecular formula is C14H23F3N2O3. The number of rotatable bonds is 3. The van der Waals surface area contributed by atoms with Crippen LogP contribution in [-0.4, -0.2) is 72.1 Å². The summed E-state index contributed by atoms with van der Waals surface area (Å²) in [4.78, 5) is 15.0. The summed E-state index contributed by atoms with van der Waals surface area (Å²) >= 11 is 0. The van der Waals surface area contributed by atoms with E-state index in [4.69, 9.17) is 0 Å². The van der Waals surface area contributed by atoms with Gasteiger partial charge in [-0.1, -0.05) is 6.42 Å². The van der Waals surface area contributed by atoms with E-state index in [2.05, 4.69) is 9.64 Å². The number of ether oxygens (including phenoxy) is 1. The third-order valence-electron chi connectivity index (χ3n) is 4.28. The summed E-state index contributed by atoms with van der Waals surface area (Å²) in [5, 5.41) is 10.6. The van der Waals surface area contributed by atoms with Gasteiger partial charge in [-0.3, -0.25) is 0 Å². The highest BCUT2D eigenvalue weighted by atomic mass is 19.4. The number of carbonyl (C=O) groups excluding carboxylic acids is 1. The van der Waals surface area contributed by atoms with Crippen molar-refractivity contribution in [2.45, 2.75) is 43.9 Å². The van der Waals surface area contributed by atoms with Gasteiger partial charge in [0.05, 0.1) is 5.60 Å². The van der Waals surface area contributed by atoms with Gasteiger partial charge in [0.25, 0.3) is 0 Å². The maximum absolute atomic E-state index is 12.0. The maximum atomic E-state index is 12.0. The average molecular weight is 324 g/mol. The number of alkyl halides is 3. The molecule has 2 heterocycles. The van der Waals surface area contributed by atoms with Gasteiger partial charge in [0.1, 0.15) is 0 Å². The molecule has 1 amide bonds. The summed E-state index contributed by atoms with van der Waals surface area (Å²) in [6.45, 7) is 1.39. The molecule has 2 saturated heterocycles. The lowest BCUT2D eigenvalue weighted by Crippen LogP contribution is -2.53. The zero-order chi connectivity index (χ0) is 16.2. The Morgan fingerprint density at radius 3 is 2.23 bits per heavy atom. The SMILES string of the molecule is O=C(OCC(F)(F)F)N1CCC(O)(CN2CCCCC2)CC1. The quantitative estimate of drug-likeness (QED) is 0.863. The van der Waals surface area contributed by atoms with Crippen molar-refractivity contribution in [2.75, 3.05) is 39.3 Å². The van der Waals surface area contributed by atoms with E-state index in [0.717, 1.165) is 25.9 Å². The fraction of sp³-hybridized carbons (Fsp3) is 0.929. The number of hydrogen-bond acceptors (Lipinski definition) is 4. The van der Waals surface area contributed by atoms with Crippen LogP contribution in [0, 0.1) is 0 Å². The molecule has 2 rings (SSSR count). The van der Waals surface area contributed by atoms with E-state index >= 15 is 0 Å². The van der Waals surface area contributed by atoms with Gasteiger partial charge in [0.2, 0.25) is 0 Å². The molecule has 0 unspecified atom stereocenters. The second-order valence-electron chi connectivity index (χ2n) is 6.22. The molecule has 0 saturated carbocycles. The third-order valence-corrected chi connectivity index (χ3v) is 4.28. The lowest BCUT2D eigenvalue weighted by Gasteiger charge is -2.41. The number of β-amino-alcohol motifs (C(OH)–C–C–N with tert-alkyl or cyclic N) is 1. The van der Waals surface area contributed by atoms with Gasteiger partial charge in [-0.2, -0.15) is 13.2 Å². The molecule has 0 aliphatic carbocycles. The minimum atomic E-state index is -4.51. The molecule has 2 aliphatic heterocycles. The van der Waals surface area contributed by atoms with Gasteiger partial charge in [-0.25, -0.2) is 4.79 Å². The van der Waals surface area contributed by atoms with E-state index in [1.807, 2.05) is 0 Å². The van der Waals surface area contributed by atoms with Crippen molar-refractivity contribution in [3.8, 4) is 0 Å². The Kier molecular flexibility index (Phi) is 5.55. The Labute approximate surface area is 128 Å². The van der Waals surface area contributed by atoms with Crippen LogP contribution in [-0.2, 0) is 4.74 Å². The van der Waals surface area contributed by atoms with E-state index in [0.29, 0.717) is 19.4 Å². The maximum Gasteiger partial charge on any atom is 0.422 e. The van der Waals surface area contributed by atoms with E-state index in [-0.39, 0.29) is 13.1 Å². The first-order chi connectivity index (χ1) is 10.3. The molecule has 0 aromatic heterocycles. The van der Waals surface area contributed by atoms with Crippen LogP contribution >= 0.6 is 0 Å². The number of amides is 1. The van der Waals surface area contributed by atoms with Crippen LogP contribution in [0.2, 0.25) is 0 Å². The minimum Gasteiger partial charge on any atom is -0.440 e. The summed E-state index contributed by atoms with van der Waals surface area (Å²) in [7, 11) is 0. The molecule has 0 bridgehead atoms. The molecule has 0 aromatic carbocycles. The van der Waals surface area contributed by atoms with E-state index in [1.54, 1.807) is 0 Å². The second kappa shape index (κ2) is 7.04. The summed E-state index contributed by atoms with van der Waals surface area (Å²) in [5.41, 5.74) is -0.863. The lowest BCUT2D eigenvalue weighted by molar-refractivity contribution is -0.163. The number of likely N-dealkylation sites (tertiary alicyclic amines) is 2. The van der Waals surface area contributed by atoms with Gasteiger partial charge in [0.15, 0.2) is 6.61 Å². The first-order valence-electron chi connectivity index (χ1n) is 7.71. The van der Waals surface area contributed by atoms with Crippen molar-refractivity contribution in [3.63, 3.8) is 0 Å². The van der Waals surface area contributed by atoms with Gasteiger partial charge in [-0.15, -0.1) is 0 Å². The number of nitrogens with zero attached hydrogens (tertiary/aromatic N) is 2. The number of aliphatic hydroxyl groups is 1. The van der Waals surface area contributed by atoms with Crippen molar-refractivity contribution in [1.29, 1.82) is 0 Å². The lowest BCUT2D eigenvalue weighted by atomic mass is 9.90. The molecule has 0 radical (unpaired) electrons. The summed E-state index contributed by atoms with van der Waals surface area (Å²) in [6, 6.07) is 0. The van der Waals surface area contributed by atoms with E-state index < -0.39 is 24.5 Å². The fourth-order valence-electron chi connectivity index (χ4n) is 3.03. The number of piperidine rings is 2. The van der Waals surface area contributed by atoms with Crippen molar-refractivity contribution in [3.05, 3.63) is 0 Å². The second-order valence-corrected chi connectivity index (χ2v) is 6.22. The van der Waals surface area contributed by atoms with E-state index in [9.17, 15) is 23.1 Å². The van der Waals surface area contributed by atoms with E-state index in [1.165, 1.54) is 11.3 Å². The Morgan fingerprint density at radius 2 is 1.68 bits per heavy atom. The third kappa shape index (κ3) is 5.31. The average Bonchev–Trinajstić information content (AvgIpc) is 2.45. The first kappa shape index (κ1) is 17.3. The molecule has 2 aliphatic rings. The van der Waals surface area contributed by atoms with Crippen molar-refractivity contribution < 1.29 is 27.8 Å². The molecule has 5 nitrogen and oxygen atoms in total. The van der Waals surface area contributed by atoms with Gasteiger partial charge in [-0.05, 0) is 38.8 Å². The van der Waals surface area contributed by atoms with Crippen molar-refractivity contribution in [1.82, 2.24) is 9.80 Å². The highest BCUT2D eigenvalue weighted by Gasteiger charge is 2.37. The molecular weight excluding hydrogens is 301 g/mol. The largest absolute Gasteiger partial charge is 0.440 e. The van der Waals surface area contributed by atoms with Crippen LogP contribution in [0.4, 0.5) is 18.0 Å². The molecule has 128 valence electrons. The summed E-state index contributed by atoms with van der Waals surface area (Å²) in [6.07, 6.45) is -1.26. The molecule has 0 aromatic rings. The molecule has 0 atom stereocenters. The highest BCUT2D eigenvalue weighted by molar-refractivity contribution is 5.67. The zero-order valence-corrected chi connectivity index (χ0v) is 12.6.